The van der Waals surface area contributed by atoms with Gasteiger partial charge in [-0.15, -0.1) is 11.3 Å². The number of hydrogen-bond acceptors (Lipinski definition) is 8. The number of amides is 3. The Morgan fingerprint density at radius 1 is 0.712 bits per heavy atom. The number of carbonyl (C=O) groups excluding carboxylic acids is 5. The Bertz CT molecular complexity index is 2210. The van der Waals surface area contributed by atoms with E-state index in [1.54, 1.807) is 24.3 Å². The lowest BCUT2D eigenvalue weighted by Crippen LogP contribution is -2.54. The maximum atomic E-state index is 14.5. The largest absolute Gasteiger partial charge is 0.486 e. The number of aliphatic carboxylic acids is 1. The zero-order valence-corrected chi connectivity index (χ0v) is 33.5. The predicted molar refractivity (Wildman–Crippen MR) is 225 cm³/mol. The van der Waals surface area contributed by atoms with E-state index in [0.717, 1.165) is 27.1 Å². The summed E-state index contributed by atoms with van der Waals surface area (Å²) < 4.78 is 5.81. The van der Waals surface area contributed by atoms with Crippen molar-refractivity contribution in [3.05, 3.63) is 148 Å². The molecule has 5 atom stereocenters. The molecule has 11 nitrogen and oxygen atoms in total. The van der Waals surface area contributed by atoms with Gasteiger partial charge in [0.15, 0.2) is 11.6 Å². The number of carbonyl (C=O) groups is 6. The molecule has 0 unspecified atom stereocenters. The minimum absolute atomic E-state index is 0.0771. The van der Waals surface area contributed by atoms with Gasteiger partial charge in [-0.1, -0.05) is 103 Å². The zero-order chi connectivity index (χ0) is 41.7. The molecular weight excluding hydrogens is 767 g/mol. The fourth-order valence-electron chi connectivity index (χ4n) is 7.03. The highest BCUT2D eigenvalue weighted by Gasteiger charge is 2.33. The molecule has 7 rings (SSSR count). The topological polar surface area (TPSA) is 168 Å². The van der Waals surface area contributed by atoms with E-state index < -0.39 is 59.4 Å². The van der Waals surface area contributed by atoms with Crippen LogP contribution < -0.4 is 20.7 Å². The van der Waals surface area contributed by atoms with E-state index >= 15 is 0 Å². The normalized spacial score (nSPS) is 19.9. The van der Waals surface area contributed by atoms with Crippen molar-refractivity contribution in [2.45, 2.75) is 63.6 Å². The van der Waals surface area contributed by atoms with Crippen molar-refractivity contribution in [1.29, 1.82) is 0 Å². The Hall–Kier alpha value is -6.40. The molecule has 0 aliphatic carbocycles. The van der Waals surface area contributed by atoms with E-state index in [-0.39, 0.29) is 50.9 Å². The second kappa shape index (κ2) is 20.3. The average Bonchev–Trinajstić information content (AvgIpc) is 3.76. The molecule has 2 aliphatic rings. The first kappa shape index (κ1) is 42.2. The summed E-state index contributed by atoms with van der Waals surface area (Å²) in [6.45, 7) is 1.05. The molecule has 0 saturated heterocycles. The van der Waals surface area contributed by atoms with Gasteiger partial charge in [0.2, 0.25) is 17.7 Å². The predicted octanol–water partition coefficient (Wildman–Crippen LogP) is 5.79. The molecule has 59 heavy (non-hydrogen) atoms. The first-order valence-corrected chi connectivity index (χ1v) is 20.5. The maximum Gasteiger partial charge on any atom is 0.325 e. The third-order valence-electron chi connectivity index (χ3n) is 10.3. The third-order valence-corrected chi connectivity index (χ3v) is 11.2. The number of rotatable bonds is 10. The number of fused-ring (bicyclic) bond motifs is 16. The summed E-state index contributed by atoms with van der Waals surface area (Å²) in [7, 11) is 0. The molecule has 0 saturated carbocycles. The zero-order valence-electron chi connectivity index (χ0n) is 32.7. The van der Waals surface area contributed by atoms with E-state index in [9.17, 15) is 33.9 Å². The van der Waals surface area contributed by atoms with Gasteiger partial charge in [0.1, 0.15) is 24.4 Å². The number of Topliss-reactive ketones (excluding diaryl/α,β-unsaturated/α-hetero) is 2. The van der Waals surface area contributed by atoms with Crippen molar-refractivity contribution in [3.63, 3.8) is 0 Å². The SMILES string of the molecule is C[C@H](NC(=O)[C@H]1CC(=O)[C@H](Cc2ccccc2)NC(=O)[C@H](Cc2ccc(-c3ccccc3)cc2)NC(=O)[C@H](Cc2cccs2)CC(=O)COc2ccc(cc2)C1)C(=O)O. The molecule has 3 heterocycles. The van der Waals surface area contributed by atoms with Crippen LogP contribution in [0.25, 0.3) is 11.1 Å². The summed E-state index contributed by atoms with van der Waals surface area (Å²) in [5.41, 5.74) is 4.17. The van der Waals surface area contributed by atoms with Crippen LogP contribution in [0.15, 0.2) is 127 Å². The van der Waals surface area contributed by atoms with Crippen LogP contribution >= 0.6 is 11.3 Å². The van der Waals surface area contributed by atoms with E-state index in [4.69, 9.17) is 4.74 Å². The summed E-state index contributed by atoms with van der Waals surface area (Å²) >= 11 is 1.47. The number of thiophene rings is 1. The van der Waals surface area contributed by atoms with Gasteiger partial charge >= 0.3 is 5.97 Å². The van der Waals surface area contributed by atoms with Crippen LogP contribution in [0.2, 0.25) is 0 Å². The number of ether oxygens (including phenoxy) is 1. The number of benzene rings is 4. The number of carboxylic acid groups (broad SMARTS) is 1. The molecule has 1 aromatic heterocycles. The maximum absolute atomic E-state index is 14.5. The van der Waals surface area contributed by atoms with E-state index in [1.165, 1.54) is 18.3 Å². The van der Waals surface area contributed by atoms with Gasteiger partial charge in [0, 0.05) is 36.0 Å². The minimum Gasteiger partial charge on any atom is -0.486 e. The number of carboxylic acids is 1. The second-order valence-electron chi connectivity index (χ2n) is 14.9. The Labute approximate surface area is 347 Å². The highest BCUT2D eigenvalue weighted by Crippen LogP contribution is 2.23. The molecule has 304 valence electrons. The first-order chi connectivity index (χ1) is 28.5. The molecule has 2 aliphatic heterocycles. The van der Waals surface area contributed by atoms with Gasteiger partial charge in [-0.05, 0) is 77.6 Å². The first-order valence-electron chi connectivity index (χ1n) is 19.6. The lowest BCUT2D eigenvalue weighted by molar-refractivity contribution is -0.142. The van der Waals surface area contributed by atoms with Crippen molar-refractivity contribution < 1.29 is 38.6 Å². The molecular formula is C47H47N3O8S. The van der Waals surface area contributed by atoms with Gasteiger partial charge in [-0.25, -0.2) is 0 Å². The third kappa shape index (κ3) is 12.3. The number of ketones is 2. The van der Waals surface area contributed by atoms with Crippen molar-refractivity contribution in [1.82, 2.24) is 16.0 Å². The summed E-state index contributed by atoms with van der Waals surface area (Å²) in [5.74, 6) is -5.14. The summed E-state index contributed by atoms with van der Waals surface area (Å²) in [6.07, 6.45) is 0.0689. The fraction of sp³-hybridized carbons (Fsp3) is 0.277. The molecule has 2 bridgehead atoms. The average molecular weight is 814 g/mol. The van der Waals surface area contributed by atoms with Crippen molar-refractivity contribution >= 4 is 46.6 Å². The smallest absolute Gasteiger partial charge is 0.325 e. The Morgan fingerprint density at radius 2 is 1.34 bits per heavy atom. The van der Waals surface area contributed by atoms with Crippen molar-refractivity contribution in [2.75, 3.05) is 6.61 Å². The van der Waals surface area contributed by atoms with Crippen LogP contribution in [0.4, 0.5) is 0 Å². The summed E-state index contributed by atoms with van der Waals surface area (Å²) in [4.78, 5) is 82.8. The van der Waals surface area contributed by atoms with Crippen LogP contribution in [0.3, 0.4) is 0 Å². The molecule has 0 radical (unpaired) electrons. The summed E-state index contributed by atoms with van der Waals surface area (Å²) in [6, 6.07) is 33.6. The van der Waals surface area contributed by atoms with E-state index in [2.05, 4.69) is 16.0 Å². The highest BCUT2D eigenvalue weighted by atomic mass is 32.1. The Morgan fingerprint density at radius 3 is 2.00 bits per heavy atom. The van der Waals surface area contributed by atoms with E-state index in [1.807, 2.05) is 102 Å². The molecule has 5 aromatic rings. The van der Waals surface area contributed by atoms with Crippen molar-refractivity contribution in [3.8, 4) is 16.9 Å². The van der Waals surface area contributed by atoms with Gasteiger partial charge in [-0.2, -0.15) is 0 Å². The molecule has 4 N–H and O–H groups in total. The quantitative estimate of drug-likeness (QED) is 0.138. The van der Waals surface area contributed by atoms with Gasteiger partial charge in [0.25, 0.3) is 0 Å². The molecule has 12 heteroatoms. The van der Waals surface area contributed by atoms with Crippen molar-refractivity contribution in [2.24, 2.45) is 11.8 Å². The Balaban J connectivity index is 1.36. The monoisotopic (exact) mass is 813 g/mol. The number of nitrogens with one attached hydrogen (secondary N) is 3. The van der Waals surface area contributed by atoms with Crippen LogP contribution in [0.1, 0.15) is 41.3 Å². The molecule has 3 amide bonds. The second-order valence-corrected chi connectivity index (χ2v) is 15.9. The van der Waals surface area contributed by atoms with Crippen LogP contribution in [-0.2, 0) is 54.5 Å². The van der Waals surface area contributed by atoms with E-state index in [0.29, 0.717) is 11.3 Å². The Kier molecular flexibility index (Phi) is 14.6. The van der Waals surface area contributed by atoms with Crippen LogP contribution in [-0.4, -0.2) is 65.1 Å². The lowest BCUT2D eigenvalue weighted by atomic mass is 9.89. The summed E-state index contributed by atoms with van der Waals surface area (Å²) in [5, 5.41) is 19.8. The van der Waals surface area contributed by atoms with Crippen LogP contribution in [0.5, 0.6) is 5.75 Å². The van der Waals surface area contributed by atoms with Gasteiger partial charge < -0.3 is 25.8 Å². The molecule has 0 fully saturated rings. The van der Waals surface area contributed by atoms with Gasteiger partial charge in [0.05, 0.1) is 6.04 Å². The standard InChI is InChI=1S/C47H47N3O8S/c1-30(47(56)57)48-44(53)36-23-32-16-20-39(21-17-32)58-29-38(51)26-37(27-40-13-8-22-59-40)45(54)50-42(25-33-14-18-35(19-15-33)34-11-6-3-7-12-34)46(55)49-41(43(52)28-36)24-31-9-4-2-5-10-31/h2-22,30,36-37,41-42H,23-29H2,1H3,(H,48,53)(H,49,55)(H,50,54)(H,56,57)/t30-,36+,37-,41-,42-/m0/s1. The fourth-order valence-corrected chi connectivity index (χ4v) is 7.82. The highest BCUT2D eigenvalue weighted by molar-refractivity contribution is 7.09. The van der Waals surface area contributed by atoms with Gasteiger partial charge in [-0.3, -0.25) is 28.8 Å². The minimum atomic E-state index is -1.23. The molecule has 4 aromatic carbocycles. The van der Waals surface area contributed by atoms with Crippen LogP contribution in [0, 0.1) is 11.8 Å². The molecule has 0 spiro atoms. The number of hydrogen-bond donors (Lipinski definition) is 4. The lowest BCUT2D eigenvalue weighted by Gasteiger charge is -2.26.